The molecule has 2 N–H and O–H groups in total. The van der Waals surface area contributed by atoms with E-state index >= 15 is 0 Å². The third kappa shape index (κ3) is 0.992. The highest BCUT2D eigenvalue weighted by molar-refractivity contribution is 4.79. The van der Waals surface area contributed by atoms with E-state index in [1.54, 1.807) is 0 Å². The van der Waals surface area contributed by atoms with Gasteiger partial charge in [-0.05, 0) is 6.42 Å². The topological polar surface area (TPSA) is 49.7 Å². The Morgan fingerprint density at radius 1 is 1.75 bits per heavy atom. The first kappa shape index (κ1) is 6.01. The van der Waals surface area contributed by atoms with Crippen molar-refractivity contribution in [1.82, 2.24) is 0 Å². The molecule has 47 valence electrons. The second-order valence-corrected chi connectivity index (χ2v) is 1.84. The maximum absolute atomic E-state index is 8.75. The molecule has 8 heavy (non-hydrogen) atoms. The van der Waals surface area contributed by atoms with Crippen molar-refractivity contribution in [3.63, 3.8) is 0 Å². The third-order valence-electron chi connectivity index (χ3n) is 1.27. The first-order valence-electron chi connectivity index (χ1n) is 2.62. The lowest BCUT2D eigenvalue weighted by molar-refractivity contribution is -0.115. The fourth-order valence-electron chi connectivity index (χ4n) is 0.619. The minimum atomic E-state index is -0.788. The van der Waals surface area contributed by atoms with Gasteiger partial charge in [0.1, 0.15) is 12.7 Å². The molecule has 0 bridgehead atoms. The predicted molar refractivity (Wildman–Crippen MR) is 26.6 cm³/mol. The monoisotopic (exact) mass is 117 g/mol. The Morgan fingerprint density at radius 2 is 2.38 bits per heavy atom. The fourth-order valence-corrected chi connectivity index (χ4v) is 0.619. The molecule has 0 amide bonds. The molecule has 0 saturated carbocycles. The van der Waals surface area contributed by atoms with Gasteiger partial charge in [0.15, 0.2) is 0 Å². The summed E-state index contributed by atoms with van der Waals surface area (Å²) in [5, 5.41) is 17.0. The lowest BCUT2D eigenvalue weighted by atomic mass is 10.1. The molecule has 1 aliphatic heterocycles. The van der Waals surface area contributed by atoms with Gasteiger partial charge in [-0.1, -0.05) is 0 Å². The summed E-state index contributed by atoms with van der Waals surface area (Å²) < 4.78 is 4.84. The van der Waals surface area contributed by atoms with E-state index in [2.05, 4.69) is 0 Å². The lowest BCUT2D eigenvalue weighted by Crippen LogP contribution is -2.38. The van der Waals surface area contributed by atoms with E-state index in [0.29, 0.717) is 6.61 Å². The number of hydrogen-bond donors (Lipinski definition) is 2. The Hall–Kier alpha value is -0.120. The number of aliphatic hydroxyl groups excluding tert-OH is 2. The Morgan fingerprint density at radius 3 is 2.50 bits per heavy atom. The normalized spacial score (nSPS) is 31.5. The van der Waals surface area contributed by atoms with E-state index < -0.39 is 6.10 Å². The van der Waals surface area contributed by atoms with Crippen LogP contribution in [-0.2, 0) is 4.74 Å². The molecule has 0 spiro atoms. The van der Waals surface area contributed by atoms with Crippen LogP contribution < -0.4 is 0 Å². The van der Waals surface area contributed by atoms with Crippen LogP contribution in [0.3, 0.4) is 0 Å². The number of ether oxygens (including phenoxy) is 1. The van der Waals surface area contributed by atoms with Gasteiger partial charge in [-0.15, -0.1) is 0 Å². The van der Waals surface area contributed by atoms with Crippen molar-refractivity contribution in [3.05, 3.63) is 6.61 Å². The Balaban J connectivity index is 2.13. The Bertz CT molecular complexity index is 67.3. The van der Waals surface area contributed by atoms with Crippen molar-refractivity contribution < 1.29 is 14.9 Å². The van der Waals surface area contributed by atoms with E-state index in [1.807, 2.05) is 0 Å². The number of aliphatic hydroxyl groups is 2. The van der Waals surface area contributed by atoms with Gasteiger partial charge in [-0.25, -0.2) is 0 Å². The highest BCUT2D eigenvalue weighted by Crippen LogP contribution is 2.15. The van der Waals surface area contributed by atoms with E-state index in [1.165, 1.54) is 0 Å². The minimum absolute atomic E-state index is 0.153. The van der Waals surface area contributed by atoms with Crippen molar-refractivity contribution in [2.24, 2.45) is 0 Å². The average Bonchev–Trinajstić information content (AvgIpc) is 1.62. The summed E-state index contributed by atoms with van der Waals surface area (Å²) in [5.41, 5.74) is 0. The van der Waals surface area contributed by atoms with Gasteiger partial charge in [0.2, 0.25) is 0 Å². The van der Waals surface area contributed by atoms with Crippen molar-refractivity contribution in [2.45, 2.75) is 18.6 Å². The molecule has 1 aliphatic rings. The Kier molecular flexibility index (Phi) is 1.83. The van der Waals surface area contributed by atoms with Crippen LogP contribution in [0.5, 0.6) is 0 Å². The SMILES string of the molecule is O[CH]C(O)C1CCO1. The predicted octanol–water partition coefficient (Wildman–Crippen LogP) is -0.330. The highest BCUT2D eigenvalue weighted by atomic mass is 16.5. The molecule has 2 unspecified atom stereocenters. The van der Waals surface area contributed by atoms with Gasteiger partial charge in [0, 0.05) is 6.61 Å². The third-order valence-corrected chi connectivity index (χ3v) is 1.27. The molecule has 0 aliphatic carbocycles. The molecule has 1 heterocycles. The van der Waals surface area contributed by atoms with Crippen LogP contribution in [0.1, 0.15) is 6.42 Å². The van der Waals surface area contributed by atoms with E-state index in [9.17, 15) is 0 Å². The Labute approximate surface area is 47.9 Å². The average molecular weight is 117 g/mol. The van der Waals surface area contributed by atoms with Crippen LogP contribution >= 0.6 is 0 Å². The molecule has 2 atom stereocenters. The van der Waals surface area contributed by atoms with Crippen molar-refractivity contribution >= 4 is 0 Å². The zero-order valence-corrected chi connectivity index (χ0v) is 4.45. The largest absolute Gasteiger partial charge is 0.388 e. The van der Waals surface area contributed by atoms with Crippen LogP contribution in [-0.4, -0.2) is 29.0 Å². The van der Waals surface area contributed by atoms with E-state index in [0.717, 1.165) is 13.0 Å². The van der Waals surface area contributed by atoms with Crippen molar-refractivity contribution in [2.75, 3.05) is 6.61 Å². The van der Waals surface area contributed by atoms with Crippen LogP contribution in [0.15, 0.2) is 0 Å². The molecular formula is C5H9O3. The summed E-state index contributed by atoms with van der Waals surface area (Å²) in [6, 6.07) is 0. The number of rotatable bonds is 2. The van der Waals surface area contributed by atoms with Crippen molar-refractivity contribution in [1.29, 1.82) is 0 Å². The van der Waals surface area contributed by atoms with Gasteiger partial charge >= 0.3 is 0 Å². The zero-order valence-electron chi connectivity index (χ0n) is 4.45. The van der Waals surface area contributed by atoms with Crippen molar-refractivity contribution in [3.8, 4) is 0 Å². The molecule has 3 heteroatoms. The standard InChI is InChI=1S/C5H9O3/c6-3-4(7)5-1-2-8-5/h3-7H,1-2H2. The quantitative estimate of drug-likeness (QED) is 0.520. The summed E-state index contributed by atoms with van der Waals surface area (Å²) in [5.74, 6) is 0. The maximum atomic E-state index is 8.75. The second-order valence-electron chi connectivity index (χ2n) is 1.84. The van der Waals surface area contributed by atoms with Crippen LogP contribution in [0.4, 0.5) is 0 Å². The molecular weight excluding hydrogens is 108 g/mol. The van der Waals surface area contributed by atoms with Gasteiger partial charge in [0.05, 0.1) is 6.10 Å². The summed E-state index contributed by atoms with van der Waals surface area (Å²) in [4.78, 5) is 0. The zero-order chi connectivity index (χ0) is 5.98. The molecule has 1 rings (SSSR count). The van der Waals surface area contributed by atoms with Gasteiger partial charge in [-0.2, -0.15) is 0 Å². The molecule has 1 fully saturated rings. The molecule has 0 aromatic heterocycles. The molecule has 0 aromatic carbocycles. The summed E-state index contributed by atoms with van der Waals surface area (Å²) in [6.07, 6.45) is -0.0955. The molecule has 1 radical (unpaired) electrons. The second kappa shape index (κ2) is 2.44. The van der Waals surface area contributed by atoms with Gasteiger partial charge in [-0.3, -0.25) is 0 Å². The van der Waals surface area contributed by atoms with Crippen LogP contribution in [0.2, 0.25) is 0 Å². The maximum Gasteiger partial charge on any atom is 0.111 e. The minimum Gasteiger partial charge on any atom is -0.388 e. The summed E-state index contributed by atoms with van der Waals surface area (Å²) in [6.45, 7) is 1.46. The molecule has 1 saturated heterocycles. The number of hydrogen-bond acceptors (Lipinski definition) is 3. The first-order valence-corrected chi connectivity index (χ1v) is 2.62. The van der Waals surface area contributed by atoms with E-state index in [4.69, 9.17) is 14.9 Å². The van der Waals surface area contributed by atoms with Gasteiger partial charge < -0.3 is 14.9 Å². The summed E-state index contributed by atoms with van der Waals surface area (Å²) in [7, 11) is 0. The van der Waals surface area contributed by atoms with Gasteiger partial charge in [0.25, 0.3) is 0 Å². The molecule has 0 aromatic rings. The first-order chi connectivity index (χ1) is 3.84. The van der Waals surface area contributed by atoms with Crippen LogP contribution in [0.25, 0.3) is 0 Å². The molecule has 3 nitrogen and oxygen atoms in total. The lowest BCUT2D eigenvalue weighted by Gasteiger charge is -2.29. The highest BCUT2D eigenvalue weighted by Gasteiger charge is 2.25. The van der Waals surface area contributed by atoms with E-state index in [-0.39, 0.29) is 6.10 Å². The smallest absolute Gasteiger partial charge is 0.111 e. The van der Waals surface area contributed by atoms with Crippen LogP contribution in [0, 0.1) is 6.61 Å². The summed E-state index contributed by atoms with van der Waals surface area (Å²) >= 11 is 0. The fraction of sp³-hybridized carbons (Fsp3) is 0.800.